The van der Waals surface area contributed by atoms with Gasteiger partial charge >= 0.3 is 0 Å². The van der Waals surface area contributed by atoms with E-state index < -0.39 is 17.5 Å². The van der Waals surface area contributed by atoms with Crippen LogP contribution in [0.15, 0.2) is 36.4 Å². The largest absolute Gasteiger partial charge is 0.330 e. The van der Waals surface area contributed by atoms with Gasteiger partial charge < -0.3 is 5.73 Å². The van der Waals surface area contributed by atoms with Gasteiger partial charge in [-0.2, -0.15) is 0 Å². The molecule has 0 amide bonds. The minimum atomic E-state index is -1.04. The Morgan fingerprint density at radius 3 is 2.11 bits per heavy atom. The maximum Gasteiger partial charge on any atom is 0.166 e. The quantitative estimate of drug-likeness (QED) is 0.890. The van der Waals surface area contributed by atoms with E-state index in [1.54, 1.807) is 12.1 Å². The molecule has 2 rings (SSSR count). The smallest absolute Gasteiger partial charge is 0.166 e. The van der Waals surface area contributed by atoms with Crippen LogP contribution in [-0.4, -0.2) is 6.54 Å². The van der Waals surface area contributed by atoms with Crippen LogP contribution in [0.5, 0.6) is 0 Å². The highest BCUT2D eigenvalue weighted by atomic mass is 19.2. The molecule has 0 bridgehead atoms. The Labute approximate surface area is 103 Å². The van der Waals surface area contributed by atoms with Gasteiger partial charge in [-0.1, -0.05) is 30.3 Å². The number of halogens is 3. The number of hydrogen-bond acceptors (Lipinski definition) is 1. The topological polar surface area (TPSA) is 26.0 Å². The van der Waals surface area contributed by atoms with Crippen molar-refractivity contribution >= 4 is 0 Å². The summed E-state index contributed by atoms with van der Waals surface area (Å²) in [5.74, 6) is -2.58. The maximum absolute atomic E-state index is 14.1. The van der Waals surface area contributed by atoms with Crippen LogP contribution in [0.25, 0.3) is 11.1 Å². The number of nitrogens with two attached hydrogens (primary N) is 1. The van der Waals surface area contributed by atoms with Crippen LogP contribution >= 0.6 is 0 Å². The van der Waals surface area contributed by atoms with Gasteiger partial charge in [0.15, 0.2) is 11.6 Å². The molecule has 2 N–H and O–H groups in total. The summed E-state index contributed by atoms with van der Waals surface area (Å²) in [7, 11) is 0. The molecule has 0 aliphatic heterocycles. The summed E-state index contributed by atoms with van der Waals surface area (Å²) in [6.07, 6.45) is 0.358. The Kier molecular flexibility index (Phi) is 3.67. The first-order chi connectivity index (χ1) is 8.65. The number of hydrogen-bond donors (Lipinski definition) is 1. The molecule has 0 aromatic heterocycles. The molecule has 0 aliphatic rings. The van der Waals surface area contributed by atoms with E-state index in [1.807, 2.05) is 0 Å². The van der Waals surface area contributed by atoms with E-state index in [9.17, 15) is 13.2 Å². The first kappa shape index (κ1) is 12.6. The first-order valence-corrected chi connectivity index (χ1v) is 5.57. The summed E-state index contributed by atoms with van der Waals surface area (Å²) in [6, 6.07) is 8.32. The second-order valence-corrected chi connectivity index (χ2v) is 3.92. The van der Waals surface area contributed by atoms with Gasteiger partial charge in [0.1, 0.15) is 5.82 Å². The highest BCUT2D eigenvalue weighted by Gasteiger charge is 2.15. The monoisotopic (exact) mass is 251 g/mol. The van der Waals surface area contributed by atoms with E-state index >= 15 is 0 Å². The van der Waals surface area contributed by atoms with E-state index in [2.05, 4.69) is 0 Å². The normalized spacial score (nSPS) is 10.7. The van der Waals surface area contributed by atoms with Gasteiger partial charge in [-0.05, 0) is 24.6 Å². The van der Waals surface area contributed by atoms with Crippen molar-refractivity contribution in [3.05, 3.63) is 59.4 Å². The lowest BCUT2D eigenvalue weighted by Crippen LogP contribution is -2.05. The Balaban J connectivity index is 2.57. The fourth-order valence-electron chi connectivity index (χ4n) is 1.85. The molecule has 0 radical (unpaired) electrons. The van der Waals surface area contributed by atoms with Gasteiger partial charge in [-0.15, -0.1) is 0 Å². The Hall–Kier alpha value is -1.81. The summed E-state index contributed by atoms with van der Waals surface area (Å²) < 4.78 is 40.9. The SMILES string of the molecule is NCCc1cccc(-c2cccc(F)c2F)c1F. The maximum atomic E-state index is 14.1. The molecule has 1 nitrogen and oxygen atoms in total. The molecule has 0 saturated heterocycles. The van der Waals surface area contributed by atoms with Crippen molar-refractivity contribution in [1.29, 1.82) is 0 Å². The fourth-order valence-corrected chi connectivity index (χ4v) is 1.85. The molecule has 0 spiro atoms. The molecule has 0 saturated carbocycles. The van der Waals surface area contributed by atoms with Crippen LogP contribution < -0.4 is 5.73 Å². The van der Waals surface area contributed by atoms with Crippen LogP contribution in [-0.2, 0) is 6.42 Å². The lowest BCUT2D eigenvalue weighted by molar-refractivity contribution is 0.510. The summed E-state index contributed by atoms with van der Waals surface area (Å²) in [4.78, 5) is 0. The third kappa shape index (κ3) is 2.24. The minimum Gasteiger partial charge on any atom is -0.330 e. The molecule has 4 heteroatoms. The molecule has 94 valence electrons. The standard InChI is InChI=1S/C14H12F3N/c15-12-6-2-5-11(14(12)17)10-4-1-3-9(7-8-18)13(10)16/h1-6H,7-8,18H2. The zero-order valence-electron chi connectivity index (χ0n) is 9.59. The summed E-state index contributed by atoms with van der Waals surface area (Å²) in [5, 5.41) is 0. The molecule has 0 aliphatic carbocycles. The van der Waals surface area contributed by atoms with Crippen molar-refractivity contribution in [2.45, 2.75) is 6.42 Å². The van der Waals surface area contributed by atoms with Gasteiger partial charge in [0.25, 0.3) is 0 Å². The molecule has 0 fully saturated rings. The zero-order chi connectivity index (χ0) is 13.1. The predicted octanol–water partition coefficient (Wildman–Crippen LogP) is 3.27. The van der Waals surface area contributed by atoms with Gasteiger partial charge in [0, 0.05) is 11.1 Å². The van der Waals surface area contributed by atoms with Crippen molar-refractivity contribution in [2.75, 3.05) is 6.54 Å². The molecule has 18 heavy (non-hydrogen) atoms. The summed E-state index contributed by atoms with van der Waals surface area (Å²) in [6.45, 7) is 0.298. The van der Waals surface area contributed by atoms with Crippen molar-refractivity contribution in [3.8, 4) is 11.1 Å². The second kappa shape index (κ2) is 5.23. The van der Waals surface area contributed by atoms with E-state index in [0.717, 1.165) is 6.07 Å². The zero-order valence-corrected chi connectivity index (χ0v) is 9.59. The number of rotatable bonds is 3. The van der Waals surface area contributed by atoms with Crippen LogP contribution in [0.2, 0.25) is 0 Å². The average Bonchev–Trinajstić information content (AvgIpc) is 2.36. The Bertz CT molecular complexity index is 567. The van der Waals surface area contributed by atoms with E-state index in [4.69, 9.17) is 5.73 Å². The van der Waals surface area contributed by atoms with Gasteiger partial charge in [0.2, 0.25) is 0 Å². The van der Waals surface area contributed by atoms with Crippen molar-refractivity contribution in [2.24, 2.45) is 5.73 Å². The van der Waals surface area contributed by atoms with Gasteiger partial charge in [-0.25, -0.2) is 13.2 Å². The highest BCUT2D eigenvalue weighted by Crippen LogP contribution is 2.28. The Morgan fingerprint density at radius 1 is 0.833 bits per heavy atom. The van der Waals surface area contributed by atoms with E-state index in [0.29, 0.717) is 18.5 Å². The van der Waals surface area contributed by atoms with Gasteiger partial charge in [-0.3, -0.25) is 0 Å². The lowest BCUT2D eigenvalue weighted by Gasteiger charge is -2.09. The van der Waals surface area contributed by atoms with Crippen LogP contribution in [0.1, 0.15) is 5.56 Å². The molecule has 0 unspecified atom stereocenters. The predicted molar refractivity (Wildman–Crippen MR) is 64.5 cm³/mol. The van der Waals surface area contributed by atoms with Gasteiger partial charge in [0.05, 0.1) is 0 Å². The molecule has 0 atom stereocenters. The van der Waals surface area contributed by atoms with Crippen molar-refractivity contribution < 1.29 is 13.2 Å². The van der Waals surface area contributed by atoms with E-state index in [-0.39, 0.29) is 11.1 Å². The van der Waals surface area contributed by atoms with Crippen LogP contribution in [0, 0.1) is 17.5 Å². The van der Waals surface area contributed by atoms with Crippen molar-refractivity contribution in [1.82, 2.24) is 0 Å². The van der Waals surface area contributed by atoms with Crippen LogP contribution in [0.3, 0.4) is 0 Å². The minimum absolute atomic E-state index is 0.0537. The lowest BCUT2D eigenvalue weighted by atomic mass is 10.00. The highest BCUT2D eigenvalue weighted by molar-refractivity contribution is 5.65. The van der Waals surface area contributed by atoms with Crippen molar-refractivity contribution in [3.63, 3.8) is 0 Å². The fraction of sp³-hybridized carbons (Fsp3) is 0.143. The average molecular weight is 251 g/mol. The third-order valence-corrected chi connectivity index (χ3v) is 2.73. The third-order valence-electron chi connectivity index (χ3n) is 2.73. The molecule has 2 aromatic rings. The number of benzene rings is 2. The van der Waals surface area contributed by atoms with E-state index in [1.165, 1.54) is 18.2 Å². The summed E-state index contributed by atoms with van der Waals surface area (Å²) in [5.41, 5.74) is 5.75. The second-order valence-electron chi connectivity index (χ2n) is 3.92. The molecular weight excluding hydrogens is 239 g/mol. The Morgan fingerprint density at radius 2 is 1.44 bits per heavy atom. The first-order valence-electron chi connectivity index (χ1n) is 5.57. The molecular formula is C14H12F3N. The summed E-state index contributed by atoms with van der Waals surface area (Å²) >= 11 is 0. The molecule has 2 aromatic carbocycles. The van der Waals surface area contributed by atoms with Crippen LogP contribution in [0.4, 0.5) is 13.2 Å². The molecule has 0 heterocycles.